The highest BCUT2D eigenvalue weighted by atomic mass is 32.2. The number of alkyl carbamates (subject to hydrolysis) is 1. The first-order valence-corrected chi connectivity index (χ1v) is 27.3. The van der Waals surface area contributed by atoms with Crippen LogP contribution in [-0.4, -0.2) is 126 Å². The van der Waals surface area contributed by atoms with Gasteiger partial charge in [-0.25, -0.2) is 35.8 Å². The predicted octanol–water partition coefficient (Wildman–Crippen LogP) is 8.32. The van der Waals surface area contributed by atoms with Gasteiger partial charge >= 0.3 is 12.2 Å². The van der Waals surface area contributed by atoms with Crippen molar-refractivity contribution in [2.75, 3.05) is 39.7 Å². The number of tetrazole rings is 1. The molecule has 2 amide bonds. The number of sulfonamides is 2. The number of H-pyrrole nitrogens is 1. The van der Waals surface area contributed by atoms with E-state index in [4.69, 9.17) is 33.8 Å². The molecule has 1 aliphatic heterocycles. The normalized spacial score (nSPS) is 15.5. The van der Waals surface area contributed by atoms with Crippen molar-refractivity contribution >= 4 is 49.2 Å². The number of methoxy groups -OCH3 is 3. The van der Waals surface area contributed by atoms with E-state index >= 15 is 21.2 Å². The highest BCUT2D eigenvalue weighted by Crippen LogP contribution is 2.44. The van der Waals surface area contributed by atoms with Crippen LogP contribution in [0.2, 0.25) is 0 Å². The van der Waals surface area contributed by atoms with Crippen molar-refractivity contribution in [1.29, 1.82) is 0 Å². The molecule has 0 aliphatic carbocycles. The maximum absolute atomic E-state index is 16.5. The average Bonchev–Trinajstić information content (AvgIpc) is 4.04. The summed E-state index contributed by atoms with van der Waals surface area (Å²) in [6.45, 7) is 8.51. The Bertz CT molecular complexity index is 3420. The largest absolute Gasteiger partial charge is 0.497 e. The fourth-order valence-electron chi connectivity index (χ4n) is 8.55. The molecule has 1 aliphatic rings. The molecule has 408 valence electrons. The fourth-order valence-corrected chi connectivity index (χ4v) is 12.4. The number of fused-ring (bicyclic) bond motifs is 1. The van der Waals surface area contributed by atoms with Gasteiger partial charge in [0.05, 0.1) is 50.5 Å². The van der Waals surface area contributed by atoms with Gasteiger partial charge in [0.25, 0.3) is 0 Å². The number of carbonyl (C=O) groups is 2. The third-order valence-electron chi connectivity index (χ3n) is 12.1. The molecule has 8 rings (SSSR count). The number of aromatic nitrogens is 6. The molecule has 0 spiro atoms. The summed E-state index contributed by atoms with van der Waals surface area (Å²) >= 11 is 0. The molecule has 0 saturated carbocycles. The minimum absolute atomic E-state index is 0.00479. The van der Waals surface area contributed by atoms with E-state index in [1.54, 1.807) is 133 Å². The summed E-state index contributed by atoms with van der Waals surface area (Å²) < 4.78 is 109. The number of imidazole rings is 1. The molecule has 2 aromatic heterocycles. The summed E-state index contributed by atoms with van der Waals surface area (Å²) in [5, 5.41) is 18.7. The number of ether oxygens (including phenoxy) is 5. The first-order valence-electron chi connectivity index (χ1n) is 24.4. The second-order valence-corrected chi connectivity index (χ2v) is 23.9. The molecule has 2 atom stereocenters. The molecule has 0 radical (unpaired) electrons. The Labute approximate surface area is 446 Å². The number of piperidine rings is 1. The van der Waals surface area contributed by atoms with Crippen LogP contribution in [0.25, 0.3) is 33.5 Å². The number of amides is 2. The zero-order valence-electron chi connectivity index (χ0n) is 44.0. The highest BCUT2D eigenvalue weighted by molar-refractivity contribution is 7.92. The number of aromatic amines is 1. The van der Waals surface area contributed by atoms with Crippen LogP contribution < -0.4 is 24.8 Å². The Balaban J connectivity index is 1.39. The predicted molar refractivity (Wildman–Crippen MR) is 284 cm³/mol. The van der Waals surface area contributed by atoms with Gasteiger partial charge in [-0.1, -0.05) is 54.6 Å². The molecule has 7 aromatic rings. The number of nitrogens with one attached hydrogen (secondary N) is 3. The summed E-state index contributed by atoms with van der Waals surface area (Å²) in [4.78, 5) is 33.6. The molecular weight excluding hydrogens is 1040 g/mol. The molecule has 24 heteroatoms. The molecule has 1 saturated heterocycles. The van der Waals surface area contributed by atoms with E-state index in [1.165, 1.54) is 38.3 Å². The maximum atomic E-state index is 16.5. The minimum Gasteiger partial charge on any atom is -0.497 e. The smallest absolute Gasteiger partial charge is 0.414 e. The lowest BCUT2D eigenvalue weighted by molar-refractivity contribution is 0.0435. The molecule has 0 bridgehead atoms. The van der Waals surface area contributed by atoms with Gasteiger partial charge in [0.15, 0.2) is 0 Å². The van der Waals surface area contributed by atoms with E-state index in [-0.39, 0.29) is 66.6 Å². The Morgan fingerprint density at radius 3 is 1.86 bits per heavy atom. The quantitative estimate of drug-likeness (QED) is 0.0775. The lowest BCUT2D eigenvalue weighted by atomic mass is 9.98. The molecule has 5 aromatic carbocycles. The number of halogens is 1. The summed E-state index contributed by atoms with van der Waals surface area (Å²) in [5.74, 6) is 1.34. The number of rotatable bonds is 17. The summed E-state index contributed by atoms with van der Waals surface area (Å²) in [6.07, 6.45) is -3.80. The van der Waals surface area contributed by atoms with Crippen molar-refractivity contribution < 1.29 is 54.5 Å². The zero-order chi connectivity index (χ0) is 55.5. The zero-order valence-corrected chi connectivity index (χ0v) is 45.7. The fraction of sp³-hybridized carbons (Fsp3) is 0.358. The van der Waals surface area contributed by atoms with Gasteiger partial charge in [-0.2, -0.15) is 13.4 Å². The van der Waals surface area contributed by atoms with Crippen LogP contribution in [0.5, 0.6) is 17.2 Å². The van der Waals surface area contributed by atoms with Crippen LogP contribution in [0.15, 0.2) is 113 Å². The third kappa shape index (κ3) is 13.1. The van der Waals surface area contributed by atoms with Crippen LogP contribution >= 0.6 is 0 Å². The van der Waals surface area contributed by atoms with Gasteiger partial charge < -0.3 is 34.0 Å². The number of nitrogens with zero attached hydrogens (tertiary/aromatic N) is 7. The average molecular weight is 1100 g/mol. The number of para-hydroxylation sites is 1. The van der Waals surface area contributed by atoms with Gasteiger partial charge in [-0.15, -0.1) is 10.2 Å². The van der Waals surface area contributed by atoms with Crippen molar-refractivity contribution in [3.63, 3.8) is 0 Å². The summed E-state index contributed by atoms with van der Waals surface area (Å²) in [6, 6.07) is 26.8. The van der Waals surface area contributed by atoms with Crippen LogP contribution in [0, 0.1) is 0 Å². The first-order chi connectivity index (χ1) is 36.4. The Morgan fingerprint density at radius 1 is 0.740 bits per heavy atom. The standard InChI is InChI=1S/C53H61FN10O11S2/c1-52(2,3)74-50(65)56-43-32-62(28-27-41(43)54)76(67,68)44-26-25-39(40-11-10-12-42-46(40)57-49(55-42)58-51(66)75-53(4,5)6)45(48-59-61-64(60-48)31-35-17-23-38(73-9)24-18-35)47(44)77(69,70)63(29-33-13-19-36(71-7)20-14-33)30-34-15-21-37(72-8)22-16-34/h10-26,41,43H,27-32H2,1-9H3,(H,56,65)(H2,55,57,58,66)/t41-,43-/m1/s1. The van der Waals surface area contributed by atoms with Crippen molar-refractivity contribution in [2.24, 2.45) is 0 Å². The van der Waals surface area contributed by atoms with E-state index < -0.39 is 72.0 Å². The van der Waals surface area contributed by atoms with Crippen LogP contribution in [0.1, 0.15) is 64.7 Å². The van der Waals surface area contributed by atoms with Crippen LogP contribution in [0.3, 0.4) is 0 Å². The number of anilines is 1. The molecule has 0 unspecified atom stereocenters. The molecular formula is C53H61FN10O11S2. The van der Waals surface area contributed by atoms with Gasteiger partial charge in [-0.3, -0.25) is 5.32 Å². The molecule has 77 heavy (non-hydrogen) atoms. The van der Waals surface area contributed by atoms with Gasteiger partial charge in [0.2, 0.25) is 31.8 Å². The molecule has 1 fully saturated rings. The van der Waals surface area contributed by atoms with Crippen LogP contribution in [-0.2, 0) is 49.2 Å². The van der Waals surface area contributed by atoms with Gasteiger partial charge in [-0.05, 0) is 124 Å². The monoisotopic (exact) mass is 1100 g/mol. The molecule has 3 heterocycles. The van der Waals surface area contributed by atoms with Gasteiger partial charge in [0, 0.05) is 31.7 Å². The van der Waals surface area contributed by atoms with Crippen molar-refractivity contribution in [3.8, 4) is 39.8 Å². The topological polar surface area (TPSA) is 251 Å². The first kappa shape index (κ1) is 55.6. The Kier molecular flexibility index (Phi) is 16.2. The number of carbonyl (C=O) groups excluding carboxylic acids is 2. The van der Waals surface area contributed by atoms with E-state index in [1.807, 2.05) is 0 Å². The van der Waals surface area contributed by atoms with E-state index in [2.05, 4.69) is 25.9 Å². The maximum Gasteiger partial charge on any atom is 0.414 e. The van der Waals surface area contributed by atoms with Crippen molar-refractivity contribution in [2.45, 2.75) is 101 Å². The highest BCUT2D eigenvalue weighted by Gasteiger charge is 2.43. The second kappa shape index (κ2) is 22.5. The van der Waals surface area contributed by atoms with Gasteiger partial charge in [0.1, 0.15) is 44.4 Å². The van der Waals surface area contributed by atoms with Crippen LogP contribution in [0.4, 0.5) is 19.9 Å². The minimum atomic E-state index is -5.12. The van der Waals surface area contributed by atoms with E-state index in [0.717, 1.165) is 14.2 Å². The Morgan fingerprint density at radius 2 is 1.30 bits per heavy atom. The Hall–Kier alpha value is -7.67. The molecule has 21 nitrogen and oxygen atoms in total. The number of hydrogen-bond acceptors (Lipinski definition) is 15. The number of hydrogen-bond donors (Lipinski definition) is 3. The lowest BCUT2D eigenvalue weighted by Gasteiger charge is -2.35. The van der Waals surface area contributed by atoms with Crippen molar-refractivity contribution in [3.05, 3.63) is 120 Å². The van der Waals surface area contributed by atoms with E-state index in [0.29, 0.717) is 33.9 Å². The molecule has 3 N–H and O–H groups in total. The summed E-state index contributed by atoms with van der Waals surface area (Å²) in [7, 11) is -5.57. The third-order valence-corrected chi connectivity index (χ3v) is 16.1. The van der Waals surface area contributed by atoms with Crippen molar-refractivity contribution in [1.82, 2.24) is 44.1 Å². The lowest BCUT2D eigenvalue weighted by Crippen LogP contribution is -2.55. The number of alkyl halides is 1. The summed E-state index contributed by atoms with van der Waals surface area (Å²) in [5.41, 5.74) is 0.689. The van der Waals surface area contributed by atoms with E-state index in [9.17, 15) is 9.59 Å². The number of benzene rings is 5. The second-order valence-electron chi connectivity index (χ2n) is 20.1. The SMILES string of the molecule is COc1ccc(CN(Cc2ccc(OC)cc2)S(=O)(=O)c2c(S(=O)(=O)N3CC[C@@H](F)[C@H](NC(=O)OC(C)(C)C)C3)ccc(-c3cccc4[nH]c(NC(=O)OC(C)(C)C)nc34)c2-c2nnn(Cc3ccc(OC)cc3)n2)cc1.